The van der Waals surface area contributed by atoms with Crippen molar-refractivity contribution in [1.82, 2.24) is 19.5 Å². The van der Waals surface area contributed by atoms with Crippen molar-refractivity contribution < 1.29 is 9.47 Å². The molecule has 1 saturated carbocycles. The summed E-state index contributed by atoms with van der Waals surface area (Å²) in [7, 11) is 0. The zero-order chi connectivity index (χ0) is 20.0. The second-order valence-corrected chi connectivity index (χ2v) is 8.60. The number of nitrogens with two attached hydrogens (primary N) is 1. The van der Waals surface area contributed by atoms with Gasteiger partial charge in [0.1, 0.15) is 23.9 Å². The van der Waals surface area contributed by atoms with Gasteiger partial charge in [-0.1, -0.05) is 6.07 Å². The van der Waals surface area contributed by atoms with E-state index in [4.69, 9.17) is 15.2 Å². The number of rotatable bonds is 5. The Morgan fingerprint density at radius 2 is 2.07 bits per heavy atom. The van der Waals surface area contributed by atoms with E-state index < -0.39 is 5.79 Å². The lowest BCUT2D eigenvalue weighted by Crippen LogP contribution is -2.27. The van der Waals surface area contributed by atoms with E-state index in [9.17, 15) is 0 Å². The maximum absolute atomic E-state index is 6.36. The lowest BCUT2D eigenvalue weighted by Gasteiger charge is -2.24. The average Bonchev–Trinajstić information content (AvgIpc) is 3.35. The molecule has 0 bridgehead atoms. The van der Waals surface area contributed by atoms with Gasteiger partial charge in [-0.3, -0.25) is 4.98 Å². The molecule has 2 aliphatic rings. The third kappa shape index (κ3) is 3.38. The Morgan fingerprint density at radius 1 is 1.21 bits per heavy atom. The summed E-state index contributed by atoms with van der Waals surface area (Å²) >= 11 is 0. The molecule has 5 rings (SSSR count). The van der Waals surface area contributed by atoms with Crippen LogP contribution in [-0.2, 0) is 15.9 Å². The summed E-state index contributed by atoms with van der Waals surface area (Å²) in [6, 6.07) is 6.31. The first-order chi connectivity index (χ1) is 14.0. The Kier molecular flexibility index (Phi) is 4.52. The van der Waals surface area contributed by atoms with Gasteiger partial charge in [-0.25, -0.2) is 9.97 Å². The fourth-order valence-corrected chi connectivity index (χ4v) is 4.98. The van der Waals surface area contributed by atoms with Crippen molar-refractivity contribution in [3.8, 4) is 0 Å². The number of aryl methyl sites for hydroxylation is 1. The van der Waals surface area contributed by atoms with Crippen LogP contribution in [-0.4, -0.2) is 37.5 Å². The van der Waals surface area contributed by atoms with Gasteiger partial charge in [0.15, 0.2) is 5.79 Å². The number of hydrogen-bond acceptors (Lipinski definition) is 6. The second kappa shape index (κ2) is 7.07. The molecule has 7 heteroatoms. The number of nitrogen functional groups attached to an aromatic ring is 1. The van der Waals surface area contributed by atoms with Gasteiger partial charge in [0.05, 0.1) is 17.5 Å². The fraction of sp³-hybridized carbons (Fsp3) is 0.500. The number of pyridine rings is 1. The Hall–Kier alpha value is -2.51. The van der Waals surface area contributed by atoms with Crippen LogP contribution in [0.15, 0.2) is 43.1 Å². The molecule has 2 N–H and O–H groups in total. The van der Waals surface area contributed by atoms with Crippen molar-refractivity contribution in [1.29, 1.82) is 0 Å². The van der Waals surface area contributed by atoms with Crippen LogP contribution >= 0.6 is 0 Å². The maximum Gasteiger partial charge on any atom is 0.163 e. The molecule has 3 aromatic rings. The van der Waals surface area contributed by atoms with Crippen molar-refractivity contribution in [2.45, 2.75) is 63.6 Å². The van der Waals surface area contributed by atoms with E-state index in [2.05, 4.69) is 31.8 Å². The fourth-order valence-electron chi connectivity index (χ4n) is 4.98. The first-order valence-electron chi connectivity index (χ1n) is 10.3. The van der Waals surface area contributed by atoms with E-state index in [1.165, 1.54) is 11.9 Å². The minimum atomic E-state index is -0.563. The maximum atomic E-state index is 6.36. The smallest absolute Gasteiger partial charge is 0.163 e. The molecule has 1 saturated heterocycles. The standard InChI is InChI=1S/C22H27N5O2/c1-22(2)28-18-15(7-3-5-14-6-4-9-24-12-14)11-17(19(18)29-22)27-10-8-16-20(23)25-13-26-21(16)27/h4,6,8-10,12-13,15,17-19H,3,5,7,11H2,1-2H3,(H2,23,25,26)/t15?,17-,18-,19+/m1/s1. The zero-order valence-electron chi connectivity index (χ0n) is 16.9. The largest absolute Gasteiger partial charge is 0.383 e. The Balaban J connectivity index is 1.38. The molecule has 29 heavy (non-hydrogen) atoms. The van der Waals surface area contributed by atoms with Crippen molar-refractivity contribution >= 4 is 16.9 Å². The third-order valence-corrected chi connectivity index (χ3v) is 6.21. The van der Waals surface area contributed by atoms with Crippen LogP contribution < -0.4 is 5.73 Å². The summed E-state index contributed by atoms with van der Waals surface area (Å²) in [6.45, 7) is 4.01. The highest BCUT2D eigenvalue weighted by Crippen LogP contribution is 2.49. The average molecular weight is 393 g/mol. The first-order valence-corrected chi connectivity index (χ1v) is 10.3. The Labute approximate surface area is 170 Å². The van der Waals surface area contributed by atoms with Gasteiger partial charge in [-0.2, -0.15) is 0 Å². The normalized spacial score (nSPS) is 28.1. The summed E-state index contributed by atoms with van der Waals surface area (Å²) in [5.74, 6) is 0.396. The quantitative estimate of drug-likeness (QED) is 0.714. The highest BCUT2D eigenvalue weighted by Gasteiger charge is 2.54. The third-order valence-electron chi connectivity index (χ3n) is 6.21. The highest BCUT2D eigenvalue weighted by atomic mass is 16.8. The molecule has 7 nitrogen and oxygen atoms in total. The van der Waals surface area contributed by atoms with Crippen molar-refractivity contribution in [3.05, 3.63) is 48.7 Å². The molecule has 4 heterocycles. The summed E-state index contributed by atoms with van der Waals surface area (Å²) in [6.07, 6.45) is 11.7. The molecule has 3 aromatic heterocycles. The summed E-state index contributed by atoms with van der Waals surface area (Å²) in [5, 5.41) is 0.891. The molecule has 0 spiro atoms. The number of ether oxygens (including phenoxy) is 2. The van der Waals surface area contributed by atoms with E-state index in [1.807, 2.05) is 38.4 Å². The molecule has 152 valence electrons. The second-order valence-electron chi connectivity index (χ2n) is 8.60. The first kappa shape index (κ1) is 18.5. The summed E-state index contributed by atoms with van der Waals surface area (Å²) < 4.78 is 14.9. The van der Waals surface area contributed by atoms with Gasteiger partial charge in [0.2, 0.25) is 0 Å². The van der Waals surface area contributed by atoms with E-state index >= 15 is 0 Å². The number of anilines is 1. The molecular weight excluding hydrogens is 366 g/mol. The lowest BCUT2D eigenvalue weighted by atomic mass is 9.96. The van der Waals surface area contributed by atoms with Crippen LogP contribution in [0.1, 0.15) is 44.7 Å². The molecule has 2 fully saturated rings. The molecule has 4 atom stereocenters. The van der Waals surface area contributed by atoms with Crippen LogP contribution in [0.25, 0.3) is 11.0 Å². The van der Waals surface area contributed by atoms with Crippen LogP contribution in [0.5, 0.6) is 0 Å². The topological polar surface area (TPSA) is 88.1 Å². The minimum Gasteiger partial charge on any atom is -0.383 e. The van der Waals surface area contributed by atoms with Crippen molar-refractivity contribution in [2.24, 2.45) is 5.92 Å². The van der Waals surface area contributed by atoms with E-state index in [0.717, 1.165) is 36.7 Å². The van der Waals surface area contributed by atoms with E-state index in [0.29, 0.717) is 11.7 Å². The predicted molar refractivity (Wildman–Crippen MR) is 110 cm³/mol. The Morgan fingerprint density at radius 3 is 2.90 bits per heavy atom. The van der Waals surface area contributed by atoms with Crippen LogP contribution in [0.2, 0.25) is 0 Å². The molecule has 0 radical (unpaired) electrons. The minimum absolute atomic E-state index is 0.0141. The number of hydrogen-bond donors (Lipinski definition) is 1. The summed E-state index contributed by atoms with van der Waals surface area (Å²) in [4.78, 5) is 12.8. The van der Waals surface area contributed by atoms with Crippen molar-refractivity contribution in [2.75, 3.05) is 5.73 Å². The van der Waals surface area contributed by atoms with Gasteiger partial charge in [-0.15, -0.1) is 0 Å². The molecule has 1 unspecified atom stereocenters. The van der Waals surface area contributed by atoms with Crippen LogP contribution in [0.3, 0.4) is 0 Å². The van der Waals surface area contributed by atoms with Gasteiger partial charge in [-0.05, 0) is 63.1 Å². The van der Waals surface area contributed by atoms with Crippen LogP contribution in [0, 0.1) is 5.92 Å². The lowest BCUT2D eigenvalue weighted by molar-refractivity contribution is -0.160. The molecule has 0 aromatic carbocycles. The van der Waals surface area contributed by atoms with E-state index in [1.54, 1.807) is 0 Å². The number of aromatic nitrogens is 4. The SMILES string of the molecule is CC1(C)O[C@@H]2[C@H](O1)C(CCCc1cccnc1)C[C@H]2n1ccc2c(N)ncnc21. The predicted octanol–water partition coefficient (Wildman–Crippen LogP) is 3.51. The van der Waals surface area contributed by atoms with Gasteiger partial charge < -0.3 is 19.8 Å². The monoisotopic (exact) mass is 393 g/mol. The molecule has 1 aliphatic heterocycles. The Bertz CT molecular complexity index is 1000. The van der Waals surface area contributed by atoms with Gasteiger partial charge in [0, 0.05) is 18.6 Å². The zero-order valence-corrected chi connectivity index (χ0v) is 16.9. The van der Waals surface area contributed by atoms with Crippen LogP contribution in [0.4, 0.5) is 5.82 Å². The van der Waals surface area contributed by atoms with E-state index in [-0.39, 0.29) is 18.2 Å². The number of fused-ring (bicyclic) bond motifs is 2. The molecule has 1 aliphatic carbocycles. The number of nitrogens with zero attached hydrogens (tertiary/aromatic N) is 4. The molecule has 0 amide bonds. The van der Waals surface area contributed by atoms with Gasteiger partial charge in [0.25, 0.3) is 0 Å². The highest BCUT2D eigenvalue weighted by molar-refractivity contribution is 5.86. The van der Waals surface area contributed by atoms with Gasteiger partial charge >= 0.3 is 0 Å². The molecular formula is C22H27N5O2. The summed E-state index contributed by atoms with van der Waals surface area (Å²) in [5.41, 5.74) is 8.19. The van der Waals surface area contributed by atoms with Crippen molar-refractivity contribution in [3.63, 3.8) is 0 Å².